The molecule has 0 saturated heterocycles. The van der Waals surface area contributed by atoms with Crippen molar-refractivity contribution in [2.24, 2.45) is 5.92 Å². The van der Waals surface area contributed by atoms with Crippen LogP contribution in [0, 0.1) is 5.92 Å². The van der Waals surface area contributed by atoms with Gasteiger partial charge in [-0.1, -0.05) is 45.9 Å². The van der Waals surface area contributed by atoms with Gasteiger partial charge >= 0.3 is 0 Å². The molecule has 2 heteroatoms. The molecule has 0 unspecified atom stereocenters. The van der Waals surface area contributed by atoms with E-state index in [1.54, 1.807) is 0 Å². The molecule has 2 rings (SSSR count). The molecule has 2 nitrogen and oxygen atoms in total. The fourth-order valence-corrected chi connectivity index (χ4v) is 2.57. The molecule has 0 spiro atoms. The van der Waals surface area contributed by atoms with E-state index in [9.17, 15) is 0 Å². The van der Waals surface area contributed by atoms with Crippen LogP contribution in [0.25, 0.3) is 11.0 Å². The molecule has 1 N–H and O–H groups in total. The van der Waals surface area contributed by atoms with Crippen LogP contribution in [0.15, 0.2) is 22.6 Å². The Kier molecular flexibility index (Phi) is 4.65. The lowest BCUT2D eigenvalue weighted by molar-refractivity contribution is 0.504. The smallest absolute Gasteiger partial charge is 0.137 e. The van der Waals surface area contributed by atoms with Gasteiger partial charge in [-0.3, -0.25) is 0 Å². The summed E-state index contributed by atoms with van der Waals surface area (Å²) < 4.78 is 6.16. The van der Waals surface area contributed by atoms with Gasteiger partial charge in [0, 0.05) is 10.9 Å². The van der Waals surface area contributed by atoms with Crippen molar-refractivity contribution in [3.8, 4) is 0 Å². The van der Waals surface area contributed by atoms with Gasteiger partial charge in [-0.15, -0.1) is 0 Å². The molecular formula is C17H25NO. The second-order valence-electron chi connectivity index (χ2n) is 5.53. The average Bonchev–Trinajstić information content (AvgIpc) is 2.74. The summed E-state index contributed by atoms with van der Waals surface area (Å²) >= 11 is 0. The van der Waals surface area contributed by atoms with Crippen molar-refractivity contribution in [2.45, 2.75) is 47.1 Å². The van der Waals surface area contributed by atoms with Gasteiger partial charge in [-0.05, 0) is 30.9 Å². The van der Waals surface area contributed by atoms with Crippen LogP contribution in [0.3, 0.4) is 0 Å². The number of nitrogens with one attached hydrogen (secondary N) is 1. The minimum absolute atomic E-state index is 0.645. The first-order valence-electron chi connectivity index (χ1n) is 7.40. The van der Waals surface area contributed by atoms with Crippen molar-refractivity contribution >= 4 is 11.0 Å². The molecule has 0 atom stereocenters. The summed E-state index contributed by atoms with van der Waals surface area (Å²) in [6.45, 7) is 10.6. The van der Waals surface area contributed by atoms with E-state index >= 15 is 0 Å². The minimum atomic E-state index is 0.645. The maximum Gasteiger partial charge on any atom is 0.137 e. The number of para-hydroxylation sites is 1. The van der Waals surface area contributed by atoms with Gasteiger partial charge < -0.3 is 9.73 Å². The third-order valence-corrected chi connectivity index (χ3v) is 3.51. The molecule has 0 fully saturated rings. The average molecular weight is 259 g/mol. The predicted octanol–water partition coefficient (Wildman–Crippen LogP) is 4.30. The number of benzene rings is 1. The van der Waals surface area contributed by atoms with E-state index in [1.165, 1.54) is 16.5 Å². The number of aryl methyl sites for hydroxylation is 1. The SMILES string of the molecule is CCNCc1oc2c(CC)cccc2c1CC(C)C. The zero-order chi connectivity index (χ0) is 13.8. The Morgan fingerprint density at radius 1 is 1.21 bits per heavy atom. The summed E-state index contributed by atoms with van der Waals surface area (Å²) in [5.74, 6) is 1.76. The van der Waals surface area contributed by atoms with Gasteiger partial charge in [-0.2, -0.15) is 0 Å². The maximum atomic E-state index is 6.16. The van der Waals surface area contributed by atoms with E-state index in [1.807, 2.05) is 0 Å². The molecule has 104 valence electrons. The van der Waals surface area contributed by atoms with Crippen LogP contribution >= 0.6 is 0 Å². The second kappa shape index (κ2) is 6.25. The van der Waals surface area contributed by atoms with E-state index < -0.39 is 0 Å². The number of rotatable bonds is 6. The van der Waals surface area contributed by atoms with Crippen molar-refractivity contribution in [1.29, 1.82) is 0 Å². The van der Waals surface area contributed by atoms with E-state index in [0.717, 1.165) is 37.3 Å². The molecule has 0 aliphatic rings. The standard InChI is InChI=1S/C17H25NO/c1-5-13-8-7-9-14-15(10-12(3)4)16(11-18-6-2)19-17(13)14/h7-9,12,18H,5-6,10-11H2,1-4H3. The number of fused-ring (bicyclic) bond motifs is 1. The highest BCUT2D eigenvalue weighted by Gasteiger charge is 2.16. The zero-order valence-electron chi connectivity index (χ0n) is 12.5. The van der Waals surface area contributed by atoms with Gasteiger partial charge in [0.05, 0.1) is 6.54 Å². The fraction of sp³-hybridized carbons (Fsp3) is 0.529. The summed E-state index contributed by atoms with van der Waals surface area (Å²) in [5, 5.41) is 4.69. The Hall–Kier alpha value is -1.28. The summed E-state index contributed by atoms with van der Waals surface area (Å²) in [4.78, 5) is 0. The minimum Gasteiger partial charge on any atom is -0.459 e. The monoisotopic (exact) mass is 259 g/mol. The van der Waals surface area contributed by atoms with Crippen molar-refractivity contribution < 1.29 is 4.42 Å². The summed E-state index contributed by atoms with van der Waals surface area (Å²) in [5.41, 5.74) is 3.79. The number of hydrogen-bond donors (Lipinski definition) is 1. The molecule has 0 aliphatic heterocycles. The van der Waals surface area contributed by atoms with Crippen molar-refractivity contribution in [1.82, 2.24) is 5.32 Å². The summed E-state index contributed by atoms with van der Waals surface area (Å²) in [7, 11) is 0. The molecule has 2 aromatic rings. The van der Waals surface area contributed by atoms with Crippen LogP contribution in [0.2, 0.25) is 0 Å². The molecule has 1 aromatic heterocycles. The van der Waals surface area contributed by atoms with E-state index in [4.69, 9.17) is 4.42 Å². The van der Waals surface area contributed by atoms with Crippen LogP contribution in [-0.2, 0) is 19.4 Å². The summed E-state index contributed by atoms with van der Waals surface area (Å²) in [6.07, 6.45) is 2.10. The largest absolute Gasteiger partial charge is 0.459 e. The van der Waals surface area contributed by atoms with E-state index in [2.05, 4.69) is 51.2 Å². The molecule has 0 bridgehead atoms. The quantitative estimate of drug-likeness (QED) is 0.836. The van der Waals surface area contributed by atoms with Crippen LogP contribution in [0.5, 0.6) is 0 Å². The first kappa shape index (κ1) is 14.1. The van der Waals surface area contributed by atoms with Crippen molar-refractivity contribution in [3.05, 3.63) is 35.1 Å². The molecule has 0 aliphatic carbocycles. The predicted molar refractivity (Wildman–Crippen MR) is 81.5 cm³/mol. The highest BCUT2D eigenvalue weighted by molar-refractivity contribution is 5.85. The van der Waals surface area contributed by atoms with Gasteiger partial charge in [0.1, 0.15) is 11.3 Å². The van der Waals surface area contributed by atoms with E-state index in [0.29, 0.717) is 5.92 Å². The highest BCUT2D eigenvalue weighted by Crippen LogP contribution is 2.30. The third kappa shape index (κ3) is 3.01. The summed E-state index contributed by atoms with van der Waals surface area (Å²) in [6, 6.07) is 6.52. The lowest BCUT2D eigenvalue weighted by atomic mass is 9.98. The third-order valence-electron chi connectivity index (χ3n) is 3.51. The lowest BCUT2D eigenvalue weighted by Crippen LogP contribution is -2.12. The van der Waals surface area contributed by atoms with Crippen LogP contribution in [0.4, 0.5) is 0 Å². The first-order chi connectivity index (χ1) is 9.17. The Morgan fingerprint density at radius 3 is 2.63 bits per heavy atom. The number of hydrogen-bond acceptors (Lipinski definition) is 2. The van der Waals surface area contributed by atoms with Crippen molar-refractivity contribution in [3.63, 3.8) is 0 Å². The second-order valence-corrected chi connectivity index (χ2v) is 5.53. The normalized spacial score (nSPS) is 11.6. The van der Waals surface area contributed by atoms with Crippen molar-refractivity contribution in [2.75, 3.05) is 6.54 Å². The van der Waals surface area contributed by atoms with Crippen LogP contribution in [-0.4, -0.2) is 6.54 Å². The molecule has 1 heterocycles. The number of furan rings is 1. The Labute approximate surface area is 116 Å². The fourth-order valence-electron chi connectivity index (χ4n) is 2.57. The Balaban J connectivity index is 2.51. The Bertz CT molecular complexity index is 539. The highest BCUT2D eigenvalue weighted by atomic mass is 16.3. The maximum absolute atomic E-state index is 6.16. The topological polar surface area (TPSA) is 25.2 Å². The van der Waals surface area contributed by atoms with Gasteiger partial charge in [0.25, 0.3) is 0 Å². The molecule has 19 heavy (non-hydrogen) atoms. The van der Waals surface area contributed by atoms with Gasteiger partial charge in [0.15, 0.2) is 0 Å². The van der Waals surface area contributed by atoms with Crippen LogP contribution in [0.1, 0.15) is 44.6 Å². The zero-order valence-corrected chi connectivity index (χ0v) is 12.5. The van der Waals surface area contributed by atoms with Gasteiger partial charge in [0.2, 0.25) is 0 Å². The first-order valence-corrected chi connectivity index (χ1v) is 7.40. The van der Waals surface area contributed by atoms with Crippen LogP contribution < -0.4 is 5.32 Å². The lowest BCUT2D eigenvalue weighted by Gasteiger charge is -2.06. The molecule has 0 saturated carbocycles. The molecule has 0 amide bonds. The Morgan fingerprint density at radius 2 is 2.00 bits per heavy atom. The molecule has 0 radical (unpaired) electrons. The molecule has 1 aromatic carbocycles. The molecular weight excluding hydrogens is 234 g/mol. The van der Waals surface area contributed by atoms with E-state index in [-0.39, 0.29) is 0 Å². The van der Waals surface area contributed by atoms with Gasteiger partial charge in [-0.25, -0.2) is 0 Å².